The van der Waals surface area contributed by atoms with Crippen molar-refractivity contribution in [3.05, 3.63) is 0 Å². The summed E-state index contributed by atoms with van der Waals surface area (Å²) >= 11 is 0. The van der Waals surface area contributed by atoms with E-state index in [1.807, 2.05) is 6.92 Å². The van der Waals surface area contributed by atoms with E-state index in [2.05, 4.69) is 15.4 Å². The molecule has 0 saturated heterocycles. The van der Waals surface area contributed by atoms with Gasteiger partial charge in [0.25, 0.3) is 0 Å². The Hall–Kier alpha value is -0.980. The fourth-order valence-electron chi connectivity index (χ4n) is 0.866. The molecule has 0 aliphatic rings. The summed E-state index contributed by atoms with van der Waals surface area (Å²) in [6.07, 6.45) is -2.48. The van der Waals surface area contributed by atoms with Crippen molar-refractivity contribution in [1.82, 2.24) is 10.6 Å². The standard InChI is InChI=1S/C9H17F3N2O2/c1-2-3-4-13-8(15)14-5-6-16-7-9(10,11)12/h2-7H2,1H3,(H2,13,14,15). The first-order valence-corrected chi connectivity index (χ1v) is 5.12. The van der Waals surface area contributed by atoms with Crippen LogP contribution in [-0.4, -0.2) is 38.5 Å². The Morgan fingerprint density at radius 1 is 1.25 bits per heavy atom. The van der Waals surface area contributed by atoms with Gasteiger partial charge in [-0.15, -0.1) is 0 Å². The van der Waals surface area contributed by atoms with Gasteiger partial charge in [0.1, 0.15) is 6.61 Å². The Morgan fingerprint density at radius 3 is 2.44 bits per heavy atom. The zero-order valence-corrected chi connectivity index (χ0v) is 9.19. The Kier molecular flexibility index (Phi) is 7.70. The quantitative estimate of drug-likeness (QED) is 0.667. The number of ether oxygens (including phenoxy) is 1. The lowest BCUT2D eigenvalue weighted by Gasteiger charge is -2.09. The summed E-state index contributed by atoms with van der Waals surface area (Å²) in [7, 11) is 0. The maximum Gasteiger partial charge on any atom is 0.411 e. The van der Waals surface area contributed by atoms with Crippen LogP contribution in [0, 0.1) is 0 Å². The summed E-state index contributed by atoms with van der Waals surface area (Å²) in [5, 5.41) is 4.95. The maximum atomic E-state index is 11.6. The van der Waals surface area contributed by atoms with E-state index in [9.17, 15) is 18.0 Å². The highest BCUT2D eigenvalue weighted by Gasteiger charge is 2.27. The van der Waals surface area contributed by atoms with Crippen molar-refractivity contribution in [3.8, 4) is 0 Å². The van der Waals surface area contributed by atoms with E-state index in [-0.39, 0.29) is 19.2 Å². The lowest BCUT2D eigenvalue weighted by molar-refractivity contribution is -0.173. The molecule has 0 heterocycles. The largest absolute Gasteiger partial charge is 0.411 e. The molecule has 0 fully saturated rings. The molecule has 0 aromatic heterocycles. The highest BCUT2D eigenvalue weighted by Crippen LogP contribution is 2.13. The summed E-state index contributed by atoms with van der Waals surface area (Å²) in [4.78, 5) is 11.0. The Bertz CT molecular complexity index is 198. The van der Waals surface area contributed by atoms with Crippen molar-refractivity contribution in [2.45, 2.75) is 25.9 Å². The third kappa shape index (κ3) is 11.1. The number of hydrogen-bond acceptors (Lipinski definition) is 2. The second-order valence-corrected chi connectivity index (χ2v) is 3.20. The van der Waals surface area contributed by atoms with Gasteiger partial charge in [-0.25, -0.2) is 4.79 Å². The predicted octanol–water partition coefficient (Wildman–Crippen LogP) is 1.66. The van der Waals surface area contributed by atoms with E-state index < -0.39 is 12.8 Å². The van der Waals surface area contributed by atoms with Gasteiger partial charge >= 0.3 is 12.2 Å². The topological polar surface area (TPSA) is 50.4 Å². The number of unbranched alkanes of at least 4 members (excludes halogenated alkanes) is 1. The average molecular weight is 242 g/mol. The smallest absolute Gasteiger partial charge is 0.370 e. The van der Waals surface area contributed by atoms with Crippen molar-refractivity contribution in [2.24, 2.45) is 0 Å². The molecule has 7 heteroatoms. The van der Waals surface area contributed by atoms with Crippen molar-refractivity contribution in [1.29, 1.82) is 0 Å². The predicted molar refractivity (Wildman–Crippen MR) is 53.2 cm³/mol. The second-order valence-electron chi connectivity index (χ2n) is 3.20. The Labute approximate surface area is 92.5 Å². The van der Waals surface area contributed by atoms with E-state index in [1.165, 1.54) is 0 Å². The van der Waals surface area contributed by atoms with Crippen LogP contribution in [0.3, 0.4) is 0 Å². The molecule has 0 aliphatic carbocycles. The molecule has 96 valence electrons. The molecule has 0 radical (unpaired) electrons. The van der Waals surface area contributed by atoms with E-state index >= 15 is 0 Å². The van der Waals surface area contributed by atoms with E-state index in [0.717, 1.165) is 12.8 Å². The third-order valence-corrected chi connectivity index (χ3v) is 1.61. The minimum absolute atomic E-state index is 0.0635. The molecule has 0 spiro atoms. The number of amides is 2. The zero-order valence-electron chi connectivity index (χ0n) is 9.19. The summed E-state index contributed by atoms with van der Waals surface area (Å²) < 4.78 is 39.2. The van der Waals surface area contributed by atoms with Crippen molar-refractivity contribution < 1.29 is 22.7 Å². The van der Waals surface area contributed by atoms with Crippen LogP contribution in [0.15, 0.2) is 0 Å². The fraction of sp³-hybridized carbons (Fsp3) is 0.889. The number of hydrogen-bond donors (Lipinski definition) is 2. The van der Waals surface area contributed by atoms with Crippen LogP contribution in [-0.2, 0) is 4.74 Å². The zero-order chi connectivity index (χ0) is 12.4. The van der Waals surface area contributed by atoms with Crippen LogP contribution < -0.4 is 10.6 Å². The number of carbonyl (C=O) groups is 1. The molecule has 0 aliphatic heterocycles. The lowest BCUT2D eigenvalue weighted by atomic mass is 10.3. The summed E-state index contributed by atoms with van der Waals surface area (Å²) in [6, 6.07) is -0.385. The van der Waals surface area contributed by atoms with Crippen LogP contribution in [0.4, 0.5) is 18.0 Å². The molecule has 0 rings (SSSR count). The minimum Gasteiger partial charge on any atom is -0.370 e. The van der Waals surface area contributed by atoms with Crippen LogP contribution in [0.5, 0.6) is 0 Å². The highest BCUT2D eigenvalue weighted by atomic mass is 19.4. The van der Waals surface area contributed by atoms with E-state index in [1.54, 1.807) is 0 Å². The van der Waals surface area contributed by atoms with Crippen molar-refractivity contribution in [3.63, 3.8) is 0 Å². The van der Waals surface area contributed by atoms with Crippen LogP contribution in [0.2, 0.25) is 0 Å². The molecule has 2 amide bonds. The molecule has 0 unspecified atom stereocenters. The fourth-order valence-corrected chi connectivity index (χ4v) is 0.866. The van der Waals surface area contributed by atoms with Crippen molar-refractivity contribution >= 4 is 6.03 Å². The van der Waals surface area contributed by atoms with Crippen LogP contribution >= 0.6 is 0 Å². The van der Waals surface area contributed by atoms with Gasteiger partial charge in [-0.1, -0.05) is 13.3 Å². The number of urea groups is 1. The molecule has 16 heavy (non-hydrogen) atoms. The molecular formula is C9H17F3N2O2. The normalized spacial score (nSPS) is 11.2. The number of halogens is 3. The molecule has 0 atom stereocenters. The summed E-state index contributed by atoms with van der Waals surface area (Å²) in [5.41, 5.74) is 0. The lowest BCUT2D eigenvalue weighted by Crippen LogP contribution is -2.38. The molecule has 2 N–H and O–H groups in total. The van der Waals surface area contributed by atoms with Crippen LogP contribution in [0.1, 0.15) is 19.8 Å². The minimum atomic E-state index is -4.32. The van der Waals surface area contributed by atoms with Crippen LogP contribution in [0.25, 0.3) is 0 Å². The van der Waals surface area contributed by atoms with Crippen molar-refractivity contribution in [2.75, 3.05) is 26.3 Å². The first kappa shape index (κ1) is 15.0. The maximum absolute atomic E-state index is 11.6. The molecule has 0 aromatic rings. The first-order valence-electron chi connectivity index (χ1n) is 5.12. The number of carbonyl (C=O) groups excluding carboxylic acids is 1. The van der Waals surface area contributed by atoms with E-state index in [4.69, 9.17) is 0 Å². The second kappa shape index (κ2) is 8.20. The Balaban J connectivity index is 3.28. The highest BCUT2D eigenvalue weighted by molar-refractivity contribution is 5.73. The third-order valence-electron chi connectivity index (χ3n) is 1.61. The number of rotatable bonds is 7. The van der Waals surface area contributed by atoms with Gasteiger partial charge in [0, 0.05) is 13.1 Å². The summed E-state index contributed by atoms with van der Waals surface area (Å²) in [6.45, 7) is 1.18. The monoisotopic (exact) mass is 242 g/mol. The SMILES string of the molecule is CCCCNC(=O)NCCOCC(F)(F)F. The number of alkyl halides is 3. The molecule has 0 aromatic carbocycles. The average Bonchev–Trinajstić information content (AvgIpc) is 2.16. The Morgan fingerprint density at radius 2 is 1.88 bits per heavy atom. The van der Waals surface area contributed by atoms with Gasteiger partial charge in [0.2, 0.25) is 0 Å². The first-order chi connectivity index (χ1) is 7.45. The molecular weight excluding hydrogens is 225 g/mol. The van der Waals surface area contributed by atoms with Gasteiger partial charge < -0.3 is 15.4 Å². The van der Waals surface area contributed by atoms with Gasteiger partial charge in [0.05, 0.1) is 6.61 Å². The van der Waals surface area contributed by atoms with Gasteiger partial charge in [-0.2, -0.15) is 13.2 Å². The van der Waals surface area contributed by atoms with Gasteiger partial charge in [-0.05, 0) is 6.42 Å². The molecule has 4 nitrogen and oxygen atoms in total. The van der Waals surface area contributed by atoms with Gasteiger partial charge in [-0.3, -0.25) is 0 Å². The van der Waals surface area contributed by atoms with E-state index in [0.29, 0.717) is 6.54 Å². The molecule has 0 bridgehead atoms. The number of nitrogens with one attached hydrogen (secondary N) is 2. The summed E-state index contributed by atoms with van der Waals surface area (Å²) in [5.74, 6) is 0. The molecule has 0 saturated carbocycles. The van der Waals surface area contributed by atoms with Gasteiger partial charge in [0.15, 0.2) is 0 Å².